The Hall–Kier alpha value is -1.26. The lowest BCUT2D eigenvalue weighted by Crippen LogP contribution is -2.19. The molecule has 1 rings (SSSR count). The molecule has 0 amide bonds. The van der Waals surface area contributed by atoms with Gasteiger partial charge in [-0.1, -0.05) is 26.0 Å². The van der Waals surface area contributed by atoms with Crippen molar-refractivity contribution >= 4 is 0 Å². The molecule has 4 heteroatoms. The lowest BCUT2D eigenvalue weighted by atomic mass is 10.1. The maximum atomic E-state index is 5.94. The molecule has 0 spiro atoms. The van der Waals surface area contributed by atoms with Crippen molar-refractivity contribution in [3.8, 4) is 11.5 Å². The molecule has 0 bridgehead atoms. The Bertz CT molecular complexity index is 394. The summed E-state index contributed by atoms with van der Waals surface area (Å²) in [4.78, 5) is 0. The molecule has 4 nitrogen and oxygen atoms in total. The SMILES string of the molecule is COCCCCOc1c(CNCC(C)C)cccc1OC. The van der Waals surface area contributed by atoms with Gasteiger partial charge in [-0.2, -0.15) is 0 Å². The fraction of sp³-hybridized carbons (Fsp3) is 0.647. The Labute approximate surface area is 128 Å². The number of methoxy groups -OCH3 is 2. The maximum Gasteiger partial charge on any atom is 0.165 e. The van der Waals surface area contributed by atoms with Crippen LogP contribution in [-0.4, -0.2) is 34.0 Å². The van der Waals surface area contributed by atoms with Gasteiger partial charge >= 0.3 is 0 Å². The summed E-state index contributed by atoms with van der Waals surface area (Å²) in [6.45, 7) is 7.64. The number of unbranched alkanes of at least 4 members (excludes halogenated alkanes) is 1. The van der Waals surface area contributed by atoms with Crippen LogP contribution in [0.2, 0.25) is 0 Å². The van der Waals surface area contributed by atoms with E-state index in [9.17, 15) is 0 Å². The molecule has 0 saturated heterocycles. The molecule has 1 N–H and O–H groups in total. The van der Waals surface area contributed by atoms with Gasteiger partial charge in [-0.05, 0) is 31.4 Å². The third-order valence-electron chi connectivity index (χ3n) is 3.14. The molecule has 0 heterocycles. The number of rotatable bonds is 11. The van der Waals surface area contributed by atoms with Crippen LogP contribution in [0.1, 0.15) is 32.3 Å². The van der Waals surface area contributed by atoms with E-state index in [1.807, 2.05) is 12.1 Å². The molecule has 0 aliphatic heterocycles. The summed E-state index contributed by atoms with van der Waals surface area (Å²) in [6, 6.07) is 6.03. The van der Waals surface area contributed by atoms with Gasteiger partial charge in [0.2, 0.25) is 0 Å². The summed E-state index contributed by atoms with van der Waals surface area (Å²) < 4.78 is 16.4. The third kappa shape index (κ3) is 6.82. The zero-order chi connectivity index (χ0) is 15.5. The van der Waals surface area contributed by atoms with Crippen molar-refractivity contribution in [2.75, 3.05) is 34.0 Å². The minimum Gasteiger partial charge on any atom is -0.493 e. The third-order valence-corrected chi connectivity index (χ3v) is 3.14. The van der Waals surface area contributed by atoms with Crippen molar-refractivity contribution in [2.45, 2.75) is 33.2 Å². The Morgan fingerprint density at radius 1 is 1.10 bits per heavy atom. The van der Waals surface area contributed by atoms with Crippen LogP contribution >= 0.6 is 0 Å². The zero-order valence-electron chi connectivity index (χ0n) is 13.8. The Balaban J connectivity index is 2.59. The zero-order valence-corrected chi connectivity index (χ0v) is 13.8. The topological polar surface area (TPSA) is 39.7 Å². The van der Waals surface area contributed by atoms with Gasteiger partial charge in [-0.3, -0.25) is 0 Å². The van der Waals surface area contributed by atoms with E-state index in [1.165, 1.54) is 0 Å². The Morgan fingerprint density at radius 2 is 1.86 bits per heavy atom. The first-order valence-corrected chi connectivity index (χ1v) is 7.67. The van der Waals surface area contributed by atoms with E-state index in [-0.39, 0.29) is 0 Å². The summed E-state index contributed by atoms with van der Waals surface area (Å²) >= 11 is 0. The normalized spacial score (nSPS) is 10.9. The smallest absolute Gasteiger partial charge is 0.165 e. The molecule has 120 valence electrons. The lowest BCUT2D eigenvalue weighted by molar-refractivity contribution is 0.183. The van der Waals surface area contributed by atoms with E-state index in [4.69, 9.17) is 14.2 Å². The summed E-state index contributed by atoms with van der Waals surface area (Å²) in [5.41, 5.74) is 1.14. The van der Waals surface area contributed by atoms with Crippen molar-refractivity contribution in [1.82, 2.24) is 5.32 Å². The number of benzene rings is 1. The largest absolute Gasteiger partial charge is 0.493 e. The second-order valence-electron chi connectivity index (χ2n) is 5.52. The number of para-hydroxylation sites is 1. The molecule has 0 aromatic heterocycles. The highest BCUT2D eigenvalue weighted by atomic mass is 16.5. The molecule has 0 saturated carbocycles. The predicted octanol–water partition coefficient (Wildman–Crippen LogP) is 3.25. The summed E-state index contributed by atoms with van der Waals surface area (Å²) in [7, 11) is 3.40. The van der Waals surface area contributed by atoms with Crippen molar-refractivity contribution in [2.24, 2.45) is 5.92 Å². The minimum absolute atomic E-state index is 0.633. The molecule has 0 aliphatic rings. The fourth-order valence-corrected chi connectivity index (χ4v) is 2.04. The van der Waals surface area contributed by atoms with E-state index in [2.05, 4.69) is 25.2 Å². The molecule has 0 atom stereocenters. The first kappa shape index (κ1) is 17.8. The molecule has 0 aliphatic carbocycles. The van der Waals surface area contributed by atoms with Crippen LogP contribution in [0.15, 0.2) is 18.2 Å². The molecular formula is C17H29NO3. The minimum atomic E-state index is 0.633. The highest BCUT2D eigenvalue weighted by Crippen LogP contribution is 2.31. The van der Waals surface area contributed by atoms with Crippen LogP contribution in [0, 0.1) is 5.92 Å². The van der Waals surface area contributed by atoms with E-state index >= 15 is 0 Å². The van der Waals surface area contributed by atoms with Crippen LogP contribution in [0.3, 0.4) is 0 Å². The maximum absolute atomic E-state index is 5.94. The van der Waals surface area contributed by atoms with Crippen LogP contribution in [-0.2, 0) is 11.3 Å². The lowest BCUT2D eigenvalue weighted by Gasteiger charge is -2.16. The van der Waals surface area contributed by atoms with E-state index in [0.29, 0.717) is 12.5 Å². The van der Waals surface area contributed by atoms with Gasteiger partial charge in [0.1, 0.15) is 0 Å². The molecule has 0 unspecified atom stereocenters. The van der Waals surface area contributed by atoms with Crippen molar-refractivity contribution in [1.29, 1.82) is 0 Å². The summed E-state index contributed by atoms with van der Waals surface area (Å²) in [5.74, 6) is 2.29. The summed E-state index contributed by atoms with van der Waals surface area (Å²) in [6.07, 6.45) is 1.98. The molecular weight excluding hydrogens is 266 g/mol. The van der Waals surface area contributed by atoms with Gasteiger partial charge in [-0.15, -0.1) is 0 Å². The highest BCUT2D eigenvalue weighted by molar-refractivity contribution is 5.46. The second-order valence-corrected chi connectivity index (χ2v) is 5.52. The van der Waals surface area contributed by atoms with Gasteiger partial charge in [0.05, 0.1) is 13.7 Å². The van der Waals surface area contributed by atoms with E-state index in [1.54, 1.807) is 14.2 Å². The van der Waals surface area contributed by atoms with Gasteiger partial charge in [-0.25, -0.2) is 0 Å². The standard InChI is InChI=1S/C17H29NO3/c1-14(2)12-18-13-15-8-7-9-16(20-4)17(15)21-11-6-5-10-19-3/h7-9,14,18H,5-6,10-13H2,1-4H3. The number of hydrogen-bond acceptors (Lipinski definition) is 4. The van der Waals surface area contributed by atoms with Crippen LogP contribution < -0.4 is 14.8 Å². The molecule has 1 aromatic rings. The number of ether oxygens (including phenoxy) is 3. The van der Waals surface area contributed by atoms with Crippen LogP contribution in [0.5, 0.6) is 11.5 Å². The molecule has 1 aromatic carbocycles. The van der Waals surface area contributed by atoms with Gasteiger partial charge in [0.25, 0.3) is 0 Å². The average molecular weight is 295 g/mol. The second kappa shape index (κ2) is 10.5. The van der Waals surface area contributed by atoms with Gasteiger partial charge in [0, 0.05) is 25.8 Å². The first-order valence-electron chi connectivity index (χ1n) is 7.67. The monoisotopic (exact) mass is 295 g/mol. The van der Waals surface area contributed by atoms with Crippen molar-refractivity contribution in [3.05, 3.63) is 23.8 Å². The molecule has 21 heavy (non-hydrogen) atoms. The predicted molar refractivity (Wildman–Crippen MR) is 86.1 cm³/mol. The van der Waals surface area contributed by atoms with Gasteiger partial charge < -0.3 is 19.5 Å². The molecule has 0 fully saturated rings. The number of hydrogen-bond donors (Lipinski definition) is 1. The van der Waals surface area contributed by atoms with E-state index < -0.39 is 0 Å². The molecule has 0 radical (unpaired) electrons. The highest BCUT2D eigenvalue weighted by Gasteiger charge is 2.10. The first-order chi connectivity index (χ1) is 10.2. The average Bonchev–Trinajstić information content (AvgIpc) is 2.47. The van der Waals surface area contributed by atoms with Crippen LogP contribution in [0.25, 0.3) is 0 Å². The van der Waals surface area contributed by atoms with Crippen LogP contribution in [0.4, 0.5) is 0 Å². The van der Waals surface area contributed by atoms with E-state index in [0.717, 1.165) is 49.6 Å². The summed E-state index contributed by atoms with van der Waals surface area (Å²) in [5, 5.41) is 3.45. The van der Waals surface area contributed by atoms with Crippen molar-refractivity contribution in [3.63, 3.8) is 0 Å². The Kier molecular flexibility index (Phi) is 8.87. The Morgan fingerprint density at radius 3 is 2.52 bits per heavy atom. The van der Waals surface area contributed by atoms with Crippen molar-refractivity contribution < 1.29 is 14.2 Å². The quantitative estimate of drug-likeness (QED) is 0.636. The fourth-order valence-electron chi connectivity index (χ4n) is 2.04. The number of nitrogens with one attached hydrogen (secondary N) is 1. The van der Waals surface area contributed by atoms with Gasteiger partial charge in [0.15, 0.2) is 11.5 Å².